The molecule has 1 N–H and O–H groups in total. The lowest BCUT2D eigenvalue weighted by Crippen LogP contribution is -2.26. The van der Waals surface area contributed by atoms with Crippen molar-refractivity contribution in [2.45, 2.75) is 11.8 Å². The lowest BCUT2D eigenvalue weighted by atomic mass is 10.3. The second kappa shape index (κ2) is 5.92. The average Bonchev–Trinajstić information content (AvgIpc) is 2.48. The van der Waals surface area contributed by atoms with Crippen molar-refractivity contribution in [2.75, 3.05) is 23.2 Å². The van der Waals surface area contributed by atoms with Crippen LogP contribution in [-0.4, -0.2) is 27.0 Å². The summed E-state index contributed by atoms with van der Waals surface area (Å²) < 4.78 is 26.4. The van der Waals surface area contributed by atoms with Gasteiger partial charge in [-0.1, -0.05) is 18.2 Å². The first-order chi connectivity index (χ1) is 9.55. The third-order valence-electron chi connectivity index (χ3n) is 2.87. The van der Waals surface area contributed by atoms with Gasteiger partial charge in [-0.25, -0.2) is 13.4 Å². The molecule has 0 saturated carbocycles. The van der Waals surface area contributed by atoms with Crippen LogP contribution in [0.25, 0.3) is 0 Å². The second-order valence-electron chi connectivity index (χ2n) is 4.22. The summed E-state index contributed by atoms with van der Waals surface area (Å²) in [4.78, 5) is 4.30. The number of nitrogens with one attached hydrogen (secondary N) is 1. The van der Waals surface area contributed by atoms with Gasteiger partial charge in [-0.2, -0.15) is 0 Å². The van der Waals surface area contributed by atoms with Crippen molar-refractivity contribution in [3.63, 3.8) is 0 Å². The Kier molecular flexibility index (Phi) is 4.24. The molecule has 2 aromatic rings. The molecule has 0 saturated heterocycles. The van der Waals surface area contributed by atoms with Crippen molar-refractivity contribution in [1.82, 2.24) is 4.98 Å². The number of sulfonamides is 1. The summed E-state index contributed by atoms with van der Waals surface area (Å²) >= 11 is 0. The van der Waals surface area contributed by atoms with Crippen LogP contribution in [0.2, 0.25) is 0 Å². The molecule has 1 heterocycles. The first-order valence-corrected chi connectivity index (χ1v) is 7.73. The minimum Gasteiger partial charge on any atom is -0.370 e. The highest BCUT2D eigenvalue weighted by Crippen LogP contribution is 2.22. The highest BCUT2D eigenvalue weighted by Gasteiger charge is 2.21. The van der Waals surface area contributed by atoms with Crippen molar-refractivity contribution in [3.8, 4) is 0 Å². The van der Waals surface area contributed by atoms with Crippen LogP contribution in [0.4, 0.5) is 11.5 Å². The molecule has 0 atom stereocenters. The Morgan fingerprint density at radius 1 is 1.20 bits per heavy atom. The van der Waals surface area contributed by atoms with Crippen LogP contribution in [-0.2, 0) is 10.0 Å². The molecule has 0 fully saturated rings. The molecule has 0 aliphatic heterocycles. The van der Waals surface area contributed by atoms with E-state index in [9.17, 15) is 8.42 Å². The van der Waals surface area contributed by atoms with Crippen molar-refractivity contribution in [1.29, 1.82) is 0 Å². The van der Waals surface area contributed by atoms with Gasteiger partial charge in [0.15, 0.2) is 0 Å². The van der Waals surface area contributed by atoms with Crippen LogP contribution in [0, 0.1) is 0 Å². The molecule has 1 aromatic carbocycles. The van der Waals surface area contributed by atoms with E-state index in [0.717, 1.165) is 0 Å². The maximum absolute atomic E-state index is 12.6. The summed E-state index contributed by atoms with van der Waals surface area (Å²) in [6, 6.07) is 12.0. The van der Waals surface area contributed by atoms with E-state index in [0.29, 0.717) is 18.1 Å². The van der Waals surface area contributed by atoms with Gasteiger partial charge in [0.25, 0.3) is 10.0 Å². The minimum absolute atomic E-state index is 0.217. The van der Waals surface area contributed by atoms with E-state index >= 15 is 0 Å². The quantitative estimate of drug-likeness (QED) is 0.918. The van der Waals surface area contributed by atoms with Gasteiger partial charge in [-0.3, -0.25) is 4.31 Å². The Hall–Kier alpha value is -2.08. The van der Waals surface area contributed by atoms with Gasteiger partial charge in [-0.15, -0.1) is 0 Å². The first-order valence-electron chi connectivity index (χ1n) is 6.29. The maximum atomic E-state index is 12.6. The molecule has 0 radical (unpaired) electrons. The fourth-order valence-corrected chi connectivity index (χ4v) is 2.99. The number of benzene rings is 1. The lowest BCUT2D eigenvalue weighted by molar-refractivity contribution is 0.594. The van der Waals surface area contributed by atoms with Crippen molar-refractivity contribution in [2.24, 2.45) is 0 Å². The van der Waals surface area contributed by atoms with E-state index in [1.54, 1.807) is 24.3 Å². The van der Waals surface area contributed by atoms with Crippen LogP contribution >= 0.6 is 0 Å². The molecular weight excluding hydrogens is 274 g/mol. The zero-order valence-electron chi connectivity index (χ0n) is 11.4. The first kappa shape index (κ1) is 14.3. The van der Waals surface area contributed by atoms with E-state index in [-0.39, 0.29) is 4.90 Å². The third kappa shape index (κ3) is 2.91. The fraction of sp³-hybridized carbons (Fsp3) is 0.214. The Bertz CT molecular complexity index is 672. The van der Waals surface area contributed by atoms with Crippen molar-refractivity contribution < 1.29 is 8.42 Å². The number of para-hydroxylation sites is 1. The lowest BCUT2D eigenvalue weighted by Gasteiger charge is -2.19. The average molecular weight is 291 g/mol. The van der Waals surface area contributed by atoms with Crippen LogP contribution in [0.3, 0.4) is 0 Å². The van der Waals surface area contributed by atoms with E-state index in [1.807, 2.05) is 13.0 Å². The highest BCUT2D eigenvalue weighted by atomic mass is 32.2. The molecule has 20 heavy (non-hydrogen) atoms. The van der Waals surface area contributed by atoms with Gasteiger partial charge in [0, 0.05) is 25.9 Å². The van der Waals surface area contributed by atoms with Crippen LogP contribution in [0.5, 0.6) is 0 Å². The molecular formula is C14H17N3O2S. The van der Waals surface area contributed by atoms with Crippen LogP contribution in [0.1, 0.15) is 6.92 Å². The third-order valence-corrected chi connectivity index (χ3v) is 4.65. The molecule has 106 valence electrons. The SMILES string of the molecule is CCNc1cc(S(=O)(=O)N(C)c2ccccc2)ccn1. The molecule has 0 aliphatic rings. The summed E-state index contributed by atoms with van der Waals surface area (Å²) in [6.07, 6.45) is 1.49. The number of pyridine rings is 1. The predicted octanol–water partition coefficient (Wildman–Crippen LogP) is 2.34. The molecule has 0 bridgehead atoms. The molecule has 2 rings (SSSR count). The van der Waals surface area contributed by atoms with Crippen molar-refractivity contribution in [3.05, 3.63) is 48.7 Å². The standard InChI is InChI=1S/C14H17N3O2S/c1-3-15-14-11-13(9-10-16-14)20(18,19)17(2)12-7-5-4-6-8-12/h4-11H,3H2,1-2H3,(H,15,16). The number of aromatic nitrogens is 1. The summed E-state index contributed by atoms with van der Waals surface area (Å²) in [6.45, 7) is 2.62. The van der Waals surface area contributed by atoms with E-state index in [1.165, 1.54) is 29.7 Å². The fourth-order valence-electron chi connectivity index (χ4n) is 1.78. The molecule has 0 amide bonds. The maximum Gasteiger partial charge on any atom is 0.264 e. The monoisotopic (exact) mass is 291 g/mol. The number of anilines is 2. The second-order valence-corrected chi connectivity index (χ2v) is 6.18. The number of nitrogens with zero attached hydrogens (tertiary/aromatic N) is 2. The molecule has 0 unspecified atom stereocenters. The number of hydrogen-bond acceptors (Lipinski definition) is 4. The Labute approximate surface area is 119 Å². The zero-order valence-corrected chi connectivity index (χ0v) is 12.3. The largest absolute Gasteiger partial charge is 0.370 e. The number of hydrogen-bond donors (Lipinski definition) is 1. The zero-order chi connectivity index (χ0) is 14.6. The summed E-state index contributed by atoms with van der Waals surface area (Å²) in [5, 5.41) is 3.00. The Morgan fingerprint density at radius 3 is 2.55 bits per heavy atom. The molecule has 1 aromatic heterocycles. The molecule has 6 heteroatoms. The van der Waals surface area contributed by atoms with E-state index < -0.39 is 10.0 Å². The van der Waals surface area contributed by atoms with Crippen LogP contribution in [0.15, 0.2) is 53.6 Å². The molecule has 0 spiro atoms. The summed E-state index contributed by atoms with van der Waals surface area (Å²) in [5.74, 6) is 0.551. The van der Waals surface area contributed by atoms with Gasteiger partial charge in [0.05, 0.1) is 10.6 Å². The van der Waals surface area contributed by atoms with Gasteiger partial charge in [0.1, 0.15) is 5.82 Å². The van der Waals surface area contributed by atoms with Gasteiger partial charge >= 0.3 is 0 Å². The summed E-state index contributed by atoms with van der Waals surface area (Å²) in [7, 11) is -2.04. The Morgan fingerprint density at radius 2 is 1.90 bits per heavy atom. The van der Waals surface area contributed by atoms with Crippen LogP contribution < -0.4 is 9.62 Å². The van der Waals surface area contributed by atoms with Gasteiger partial charge in [-0.05, 0) is 25.1 Å². The number of rotatable bonds is 5. The predicted molar refractivity (Wildman–Crippen MR) is 80.4 cm³/mol. The van der Waals surface area contributed by atoms with Crippen molar-refractivity contribution >= 4 is 21.5 Å². The van der Waals surface area contributed by atoms with E-state index in [2.05, 4.69) is 10.3 Å². The molecule has 5 nitrogen and oxygen atoms in total. The normalized spacial score (nSPS) is 11.1. The smallest absolute Gasteiger partial charge is 0.264 e. The summed E-state index contributed by atoms with van der Waals surface area (Å²) in [5.41, 5.74) is 0.620. The van der Waals surface area contributed by atoms with Gasteiger partial charge in [0.2, 0.25) is 0 Å². The molecule has 0 aliphatic carbocycles. The topological polar surface area (TPSA) is 62.3 Å². The minimum atomic E-state index is -3.58. The van der Waals surface area contributed by atoms with Gasteiger partial charge < -0.3 is 5.32 Å². The Balaban J connectivity index is 2.37. The van der Waals surface area contributed by atoms with E-state index in [4.69, 9.17) is 0 Å². The highest BCUT2D eigenvalue weighted by molar-refractivity contribution is 7.92.